The summed E-state index contributed by atoms with van der Waals surface area (Å²) in [6, 6.07) is 14.9. The number of carbonyl (C=O) groups excluding carboxylic acids is 4. The number of hydrogen-bond acceptors (Lipinski definition) is 8. The minimum atomic E-state index is -0.687. The van der Waals surface area contributed by atoms with Crippen LogP contribution < -0.4 is 10.6 Å². The van der Waals surface area contributed by atoms with Gasteiger partial charge in [0, 0.05) is 13.1 Å². The Morgan fingerprint density at radius 2 is 1.44 bits per heavy atom. The zero-order chi connectivity index (χ0) is 38.6. The molecule has 0 bridgehead atoms. The third-order valence-electron chi connectivity index (χ3n) is 9.75. The van der Waals surface area contributed by atoms with E-state index in [2.05, 4.69) is 54.8 Å². The second-order valence-electron chi connectivity index (χ2n) is 15.2. The van der Waals surface area contributed by atoms with E-state index in [9.17, 15) is 19.2 Å². The van der Waals surface area contributed by atoms with Gasteiger partial charge in [0.25, 0.3) is 0 Å². The van der Waals surface area contributed by atoms with Crippen LogP contribution in [0, 0.1) is 5.92 Å². The van der Waals surface area contributed by atoms with E-state index >= 15 is 0 Å². The van der Waals surface area contributed by atoms with Crippen LogP contribution in [0.25, 0.3) is 33.6 Å². The topological polar surface area (TPSA) is 175 Å². The van der Waals surface area contributed by atoms with Gasteiger partial charge in [-0.15, -0.1) is 0 Å². The summed E-state index contributed by atoms with van der Waals surface area (Å²) in [5, 5.41) is 5.41. The average molecular weight is 739 g/mol. The Bertz CT molecular complexity index is 1950. The molecule has 4 amide bonds. The van der Waals surface area contributed by atoms with Crippen molar-refractivity contribution in [1.29, 1.82) is 0 Å². The largest absolute Gasteiger partial charge is 0.453 e. The Morgan fingerprint density at radius 1 is 0.852 bits per heavy atom. The van der Waals surface area contributed by atoms with Crippen molar-refractivity contribution in [1.82, 2.24) is 40.4 Å². The summed E-state index contributed by atoms with van der Waals surface area (Å²) in [7, 11) is 1.29. The number of nitrogens with one attached hydrogen (secondary N) is 4. The van der Waals surface area contributed by atoms with Gasteiger partial charge in [-0.1, -0.05) is 62.4 Å². The van der Waals surface area contributed by atoms with Gasteiger partial charge in [0.05, 0.1) is 43.5 Å². The second-order valence-corrected chi connectivity index (χ2v) is 15.2. The number of aromatic nitrogens is 4. The molecule has 0 spiro atoms. The zero-order valence-electron chi connectivity index (χ0n) is 31.8. The van der Waals surface area contributed by atoms with Crippen LogP contribution in [0.3, 0.4) is 0 Å². The van der Waals surface area contributed by atoms with Crippen molar-refractivity contribution in [2.45, 2.75) is 90.6 Å². The lowest BCUT2D eigenvalue weighted by Crippen LogP contribution is -2.52. The van der Waals surface area contributed by atoms with Crippen molar-refractivity contribution in [2.75, 3.05) is 20.2 Å². The van der Waals surface area contributed by atoms with Crippen molar-refractivity contribution in [3.63, 3.8) is 0 Å². The number of piperidine rings is 1. The highest BCUT2D eigenvalue weighted by molar-refractivity contribution is 5.87. The zero-order valence-corrected chi connectivity index (χ0v) is 31.8. The quantitative estimate of drug-likeness (QED) is 0.149. The smallest absolute Gasteiger partial charge is 0.408 e. The first kappa shape index (κ1) is 38.1. The first-order valence-corrected chi connectivity index (χ1v) is 18.5. The van der Waals surface area contributed by atoms with Crippen LogP contribution in [-0.4, -0.2) is 91.6 Å². The van der Waals surface area contributed by atoms with Gasteiger partial charge in [0.1, 0.15) is 29.3 Å². The first-order valence-electron chi connectivity index (χ1n) is 18.5. The number of rotatable bonds is 10. The molecule has 4 N–H and O–H groups in total. The molecule has 14 heteroatoms. The molecule has 2 aromatic heterocycles. The number of benzene rings is 2. The standard InChI is InChI=1S/C40H50N8O6/c1-24(2)34(46-38(51)53-6)37(50)48-20-8-10-32(48)35-42-22-31(44-35)28-17-13-26(14-18-28)25-11-15-27(16-12-25)30-21-41-33(43-30)23-47-19-7-9-29(36(47)49)45-39(52)54-40(3,4)5/h11-18,21-22,24,29,32,34H,7-10,19-20,23H2,1-6H3,(H,41,43)(H,42,44)(H,45,52)(H,46,51)/t29-,32+,34?/m1/s1. The molecule has 4 aromatic rings. The number of imidazole rings is 2. The molecule has 0 aliphatic carbocycles. The van der Waals surface area contributed by atoms with Crippen molar-refractivity contribution in [3.05, 3.63) is 72.6 Å². The number of aromatic amines is 2. The van der Waals surface area contributed by atoms with E-state index in [1.165, 1.54) is 7.11 Å². The van der Waals surface area contributed by atoms with Crippen LogP contribution in [0.5, 0.6) is 0 Å². The average Bonchev–Trinajstić information content (AvgIpc) is 3.93. The molecular formula is C40H50N8O6. The normalized spacial score (nSPS) is 18.1. The lowest BCUT2D eigenvalue weighted by Gasteiger charge is -2.32. The molecule has 0 saturated carbocycles. The van der Waals surface area contributed by atoms with E-state index in [4.69, 9.17) is 9.47 Å². The fraction of sp³-hybridized carbons (Fsp3) is 0.450. The Morgan fingerprint density at radius 3 is 2.06 bits per heavy atom. The number of alkyl carbamates (subject to hydrolysis) is 2. The molecular weight excluding hydrogens is 688 g/mol. The predicted octanol–water partition coefficient (Wildman–Crippen LogP) is 6.19. The number of likely N-dealkylation sites (tertiary alicyclic amines) is 2. The summed E-state index contributed by atoms with van der Waals surface area (Å²) < 4.78 is 10.1. The summed E-state index contributed by atoms with van der Waals surface area (Å²) in [6.45, 7) is 10.7. The number of ether oxygens (including phenoxy) is 2. The van der Waals surface area contributed by atoms with Crippen molar-refractivity contribution >= 4 is 24.0 Å². The van der Waals surface area contributed by atoms with Gasteiger partial charge in [0.15, 0.2) is 0 Å². The molecule has 2 fully saturated rings. The van der Waals surface area contributed by atoms with E-state index in [-0.39, 0.29) is 23.8 Å². The summed E-state index contributed by atoms with van der Waals surface area (Å²) >= 11 is 0. The third-order valence-corrected chi connectivity index (χ3v) is 9.75. The maximum absolute atomic E-state index is 13.5. The molecule has 2 aliphatic rings. The number of H-pyrrole nitrogens is 2. The lowest BCUT2D eigenvalue weighted by molar-refractivity contribution is -0.137. The van der Waals surface area contributed by atoms with Gasteiger partial charge >= 0.3 is 12.2 Å². The van der Waals surface area contributed by atoms with E-state index < -0.39 is 29.9 Å². The van der Waals surface area contributed by atoms with Crippen molar-refractivity contribution in [3.8, 4) is 33.6 Å². The molecule has 0 radical (unpaired) electrons. The fourth-order valence-corrected chi connectivity index (χ4v) is 6.98. The van der Waals surface area contributed by atoms with E-state index in [0.717, 1.165) is 58.7 Å². The first-order chi connectivity index (χ1) is 25.8. The number of carbonyl (C=O) groups is 4. The van der Waals surface area contributed by atoms with Gasteiger partial charge in [-0.05, 0) is 74.6 Å². The molecule has 4 heterocycles. The predicted molar refractivity (Wildman–Crippen MR) is 203 cm³/mol. The van der Waals surface area contributed by atoms with Crippen LogP contribution in [0.15, 0.2) is 60.9 Å². The van der Waals surface area contributed by atoms with Crippen LogP contribution in [0.4, 0.5) is 9.59 Å². The van der Waals surface area contributed by atoms with Crippen LogP contribution in [-0.2, 0) is 25.6 Å². The highest BCUT2D eigenvalue weighted by Crippen LogP contribution is 2.33. The van der Waals surface area contributed by atoms with Gasteiger partial charge in [-0.25, -0.2) is 19.6 Å². The third kappa shape index (κ3) is 8.92. The maximum atomic E-state index is 13.5. The Balaban J connectivity index is 1.06. The van der Waals surface area contributed by atoms with Crippen LogP contribution in [0.1, 0.15) is 78.0 Å². The molecule has 2 aliphatic heterocycles. The van der Waals surface area contributed by atoms with E-state index in [0.29, 0.717) is 31.9 Å². The molecule has 2 saturated heterocycles. The van der Waals surface area contributed by atoms with Gasteiger partial charge in [-0.3, -0.25) is 9.59 Å². The number of nitrogens with zero attached hydrogens (tertiary/aromatic N) is 4. The summed E-state index contributed by atoms with van der Waals surface area (Å²) in [5.74, 6) is 0.998. The van der Waals surface area contributed by atoms with Gasteiger partial charge in [0.2, 0.25) is 11.8 Å². The highest BCUT2D eigenvalue weighted by atomic mass is 16.6. The Hall–Kier alpha value is -5.66. The van der Waals surface area contributed by atoms with Crippen molar-refractivity contribution < 1.29 is 28.7 Å². The molecule has 3 atom stereocenters. The summed E-state index contributed by atoms with van der Waals surface area (Å²) in [4.78, 5) is 70.3. The number of amides is 4. The summed E-state index contributed by atoms with van der Waals surface area (Å²) in [5.41, 5.74) is 5.11. The minimum Gasteiger partial charge on any atom is -0.453 e. The highest BCUT2D eigenvalue weighted by Gasteiger charge is 2.37. The fourth-order valence-electron chi connectivity index (χ4n) is 6.98. The maximum Gasteiger partial charge on any atom is 0.408 e. The molecule has 6 rings (SSSR count). The molecule has 1 unspecified atom stereocenters. The minimum absolute atomic E-state index is 0.104. The Kier molecular flexibility index (Phi) is 11.4. The molecule has 286 valence electrons. The Labute approximate surface area is 315 Å². The van der Waals surface area contributed by atoms with Crippen LogP contribution >= 0.6 is 0 Å². The lowest BCUT2D eigenvalue weighted by atomic mass is 10.0. The second kappa shape index (κ2) is 16.1. The number of hydrogen-bond donors (Lipinski definition) is 4. The van der Waals surface area contributed by atoms with Gasteiger partial charge in [-0.2, -0.15) is 0 Å². The van der Waals surface area contributed by atoms with Crippen LogP contribution in [0.2, 0.25) is 0 Å². The van der Waals surface area contributed by atoms with E-state index in [1.54, 1.807) is 43.0 Å². The number of methoxy groups -OCH3 is 1. The van der Waals surface area contributed by atoms with E-state index in [1.807, 2.05) is 38.1 Å². The van der Waals surface area contributed by atoms with Crippen molar-refractivity contribution in [2.24, 2.45) is 5.92 Å². The van der Waals surface area contributed by atoms with Gasteiger partial charge < -0.3 is 39.9 Å². The SMILES string of the molecule is COC(=O)NC(C(=O)N1CCC[C@H]1c1ncc(-c2ccc(-c3ccc(-c4cnc(CN5CCC[C@@H](NC(=O)OC(C)(C)C)C5=O)[nH]4)cc3)cc2)[nH]1)C(C)C. The molecule has 54 heavy (non-hydrogen) atoms. The summed E-state index contributed by atoms with van der Waals surface area (Å²) in [6.07, 6.45) is 5.32. The monoisotopic (exact) mass is 738 g/mol. The molecule has 14 nitrogen and oxygen atoms in total. The molecule has 2 aromatic carbocycles.